The third-order valence-corrected chi connectivity index (χ3v) is 5.57. The first-order chi connectivity index (χ1) is 13.0. The van der Waals surface area contributed by atoms with Crippen LogP contribution in [0.25, 0.3) is 5.13 Å². The molecule has 1 atom stereocenters. The topological polar surface area (TPSA) is 77.6 Å². The average Bonchev–Trinajstić information content (AvgIpc) is 3.33. The largest absolute Gasteiger partial charge is 0.488 e. The number of nitrogens with zero attached hydrogens (tertiary/aromatic N) is 3. The molecule has 27 heavy (non-hydrogen) atoms. The fourth-order valence-electron chi connectivity index (χ4n) is 3.14. The van der Waals surface area contributed by atoms with Crippen LogP contribution < -0.4 is 10.4 Å². The Kier molecular flexibility index (Phi) is 4.57. The number of hydrogen-bond acceptors (Lipinski definition) is 6. The van der Waals surface area contributed by atoms with E-state index in [1.54, 1.807) is 17.9 Å². The second kappa shape index (κ2) is 7.03. The fraction of sp³-hybridized carbons (Fsp3) is 0.316. The predicted octanol–water partition coefficient (Wildman–Crippen LogP) is 2.80. The van der Waals surface area contributed by atoms with Gasteiger partial charge in [-0.15, -0.1) is 0 Å². The van der Waals surface area contributed by atoms with Crippen LogP contribution in [0.5, 0.6) is 5.75 Å². The summed E-state index contributed by atoms with van der Waals surface area (Å²) in [6.45, 7) is 4.65. The maximum atomic E-state index is 12.9. The van der Waals surface area contributed by atoms with Crippen LogP contribution in [0.4, 0.5) is 0 Å². The Bertz CT molecular complexity index is 1020. The fourth-order valence-corrected chi connectivity index (χ4v) is 4.14. The molecule has 0 aromatic carbocycles. The summed E-state index contributed by atoms with van der Waals surface area (Å²) < 4.78 is 12.7. The van der Waals surface area contributed by atoms with Gasteiger partial charge in [0.2, 0.25) is 0 Å². The number of carbonyl (C=O) groups is 1. The zero-order valence-electron chi connectivity index (χ0n) is 15.0. The maximum absolute atomic E-state index is 12.9. The standard InChI is InChI=1S/C19H19N3O4S/c1-12-9-15(10-16(23)25-12)26-14-5-8-22(11-14)18(24)17-13(2)20-19(27-17)21-6-3-4-7-21/h3-4,6-7,9-10,14H,5,8,11H2,1-2H3/t14-/m0/s1. The Morgan fingerprint density at radius 2 is 2.07 bits per heavy atom. The van der Waals surface area contributed by atoms with Crippen LogP contribution >= 0.6 is 11.3 Å². The third kappa shape index (κ3) is 3.66. The Balaban J connectivity index is 1.46. The highest BCUT2D eigenvalue weighted by atomic mass is 32.1. The summed E-state index contributed by atoms with van der Waals surface area (Å²) in [4.78, 5) is 31.3. The molecule has 0 N–H and O–H groups in total. The van der Waals surface area contributed by atoms with Gasteiger partial charge in [0.1, 0.15) is 22.5 Å². The van der Waals surface area contributed by atoms with Crippen molar-refractivity contribution < 1.29 is 13.9 Å². The number of hydrogen-bond donors (Lipinski definition) is 0. The van der Waals surface area contributed by atoms with Crippen molar-refractivity contribution in [2.24, 2.45) is 0 Å². The van der Waals surface area contributed by atoms with Crippen LogP contribution in [-0.2, 0) is 0 Å². The van der Waals surface area contributed by atoms with Gasteiger partial charge in [-0.3, -0.25) is 4.79 Å². The van der Waals surface area contributed by atoms with Gasteiger partial charge in [0.15, 0.2) is 5.13 Å². The molecule has 3 aromatic rings. The Hall–Kier alpha value is -2.87. The van der Waals surface area contributed by atoms with E-state index in [-0.39, 0.29) is 12.0 Å². The molecule has 140 valence electrons. The highest BCUT2D eigenvalue weighted by molar-refractivity contribution is 7.16. The molecule has 1 saturated heterocycles. The number of amides is 1. The molecule has 8 heteroatoms. The van der Waals surface area contributed by atoms with E-state index in [0.29, 0.717) is 35.9 Å². The summed E-state index contributed by atoms with van der Waals surface area (Å²) in [7, 11) is 0. The first kappa shape index (κ1) is 17.5. The van der Waals surface area contributed by atoms with Crippen molar-refractivity contribution in [2.75, 3.05) is 13.1 Å². The summed E-state index contributed by atoms with van der Waals surface area (Å²) in [6, 6.07) is 6.86. The zero-order valence-corrected chi connectivity index (χ0v) is 15.9. The van der Waals surface area contributed by atoms with Crippen LogP contribution in [0.15, 0.2) is 45.9 Å². The molecule has 0 radical (unpaired) electrons. The molecule has 1 aliphatic heterocycles. The van der Waals surface area contributed by atoms with Crippen molar-refractivity contribution in [1.82, 2.24) is 14.5 Å². The maximum Gasteiger partial charge on any atom is 0.339 e. The van der Waals surface area contributed by atoms with Crippen molar-refractivity contribution in [3.05, 3.63) is 63.4 Å². The number of thiazole rings is 1. The van der Waals surface area contributed by atoms with Crippen LogP contribution in [0, 0.1) is 13.8 Å². The minimum absolute atomic E-state index is 0.0294. The van der Waals surface area contributed by atoms with E-state index in [9.17, 15) is 9.59 Å². The number of rotatable bonds is 4. The molecular formula is C19H19N3O4S. The minimum Gasteiger partial charge on any atom is -0.488 e. The van der Waals surface area contributed by atoms with Gasteiger partial charge < -0.3 is 18.6 Å². The summed E-state index contributed by atoms with van der Waals surface area (Å²) in [5.41, 5.74) is 0.295. The summed E-state index contributed by atoms with van der Waals surface area (Å²) in [5, 5.41) is 0.777. The summed E-state index contributed by atoms with van der Waals surface area (Å²) in [6.07, 6.45) is 4.38. The number of aryl methyl sites for hydroxylation is 2. The third-order valence-electron chi connectivity index (χ3n) is 4.41. The molecule has 0 saturated carbocycles. The normalized spacial score (nSPS) is 16.7. The Morgan fingerprint density at radius 3 is 2.81 bits per heavy atom. The van der Waals surface area contributed by atoms with Crippen molar-refractivity contribution in [1.29, 1.82) is 0 Å². The molecule has 0 bridgehead atoms. The van der Waals surface area contributed by atoms with E-state index in [1.807, 2.05) is 36.0 Å². The molecule has 0 aliphatic carbocycles. The number of likely N-dealkylation sites (tertiary alicyclic amines) is 1. The van der Waals surface area contributed by atoms with E-state index in [4.69, 9.17) is 9.15 Å². The van der Waals surface area contributed by atoms with Gasteiger partial charge in [-0.2, -0.15) is 0 Å². The number of aromatic nitrogens is 2. The SMILES string of the molecule is Cc1cc(O[C@H]2CCN(C(=O)c3sc(-n4cccc4)nc3C)C2)cc(=O)o1. The van der Waals surface area contributed by atoms with E-state index >= 15 is 0 Å². The van der Waals surface area contributed by atoms with Gasteiger partial charge in [-0.05, 0) is 26.0 Å². The molecule has 1 amide bonds. The molecule has 0 spiro atoms. The predicted molar refractivity (Wildman–Crippen MR) is 101 cm³/mol. The lowest BCUT2D eigenvalue weighted by atomic mass is 10.3. The lowest BCUT2D eigenvalue weighted by molar-refractivity contribution is 0.0776. The molecule has 1 aliphatic rings. The monoisotopic (exact) mass is 385 g/mol. The highest BCUT2D eigenvalue weighted by Crippen LogP contribution is 2.26. The van der Waals surface area contributed by atoms with Crippen LogP contribution in [0.1, 0.15) is 27.5 Å². The highest BCUT2D eigenvalue weighted by Gasteiger charge is 2.30. The molecule has 3 aromatic heterocycles. The smallest absolute Gasteiger partial charge is 0.339 e. The number of ether oxygens (including phenoxy) is 1. The second-order valence-corrected chi connectivity index (χ2v) is 7.48. The van der Waals surface area contributed by atoms with Crippen molar-refractivity contribution >= 4 is 17.2 Å². The van der Waals surface area contributed by atoms with Crippen LogP contribution in [0.3, 0.4) is 0 Å². The molecular weight excluding hydrogens is 366 g/mol. The molecule has 4 heterocycles. The molecule has 4 rings (SSSR count). The molecule has 7 nitrogen and oxygen atoms in total. The molecule has 0 unspecified atom stereocenters. The second-order valence-electron chi connectivity index (χ2n) is 6.50. The first-order valence-corrected chi connectivity index (χ1v) is 9.50. The summed E-state index contributed by atoms with van der Waals surface area (Å²) in [5.74, 6) is 0.950. The van der Waals surface area contributed by atoms with Crippen molar-refractivity contribution in [3.63, 3.8) is 0 Å². The van der Waals surface area contributed by atoms with Gasteiger partial charge in [0.05, 0.1) is 18.3 Å². The first-order valence-electron chi connectivity index (χ1n) is 8.68. The lowest BCUT2D eigenvalue weighted by Crippen LogP contribution is -2.30. The van der Waals surface area contributed by atoms with Gasteiger partial charge in [0.25, 0.3) is 5.91 Å². The van der Waals surface area contributed by atoms with E-state index in [2.05, 4.69) is 4.98 Å². The number of carbonyl (C=O) groups excluding carboxylic acids is 1. The quantitative estimate of drug-likeness (QED) is 0.690. The van der Waals surface area contributed by atoms with Crippen LogP contribution in [0.2, 0.25) is 0 Å². The van der Waals surface area contributed by atoms with Crippen LogP contribution in [-0.4, -0.2) is 39.6 Å². The Morgan fingerprint density at radius 1 is 1.30 bits per heavy atom. The van der Waals surface area contributed by atoms with E-state index < -0.39 is 5.63 Å². The van der Waals surface area contributed by atoms with Crippen molar-refractivity contribution in [3.8, 4) is 10.9 Å². The van der Waals surface area contributed by atoms with E-state index in [0.717, 1.165) is 10.8 Å². The minimum atomic E-state index is -0.436. The van der Waals surface area contributed by atoms with E-state index in [1.165, 1.54) is 17.4 Å². The average molecular weight is 385 g/mol. The van der Waals surface area contributed by atoms with Gasteiger partial charge in [0, 0.05) is 31.4 Å². The molecule has 1 fully saturated rings. The van der Waals surface area contributed by atoms with Crippen molar-refractivity contribution in [2.45, 2.75) is 26.4 Å². The van der Waals surface area contributed by atoms with Gasteiger partial charge >= 0.3 is 5.63 Å². The summed E-state index contributed by atoms with van der Waals surface area (Å²) >= 11 is 1.39. The Labute approximate surface area is 159 Å². The van der Waals surface area contributed by atoms with Gasteiger partial charge in [-0.25, -0.2) is 9.78 Å². The lowest BCUT2D eigenvalue weighted by Gasteiger charge is -2.16. The van der Waals surface area contributed by atoms with Gasteiger partial charge in [-0.1, -0.05) is 11.3 Å². The zero-order chi connectivity index (χ0) is 19.0.